The fourth-order valence-corrected chi connectivity index (χ4v) is 3.34. The third-order valence-corrected chi connectivity index (χ3v) is 6.35. The second-order valence-electron chi connectivity index (χ2n) is 4.62. The molecule has 1 aromatic rings. The Morgan fingerprint density at radius 1 is 1.05 bits per heavy atom. The van der Waals surface area contributed by atoms with Gasteiger partial charge in [0.05, 0.1) is 11.1 Å². The van der Waals surface area contributed by atoms with E-state index in [1.54, 1.807) is 38.5 Å². The third-order valence-electron chi connectivity index (χ3n) is 3.21. The van der Waals surface area contributed by atoms with Crippen LogP contribution in [-0.2, 0) is 8.85 Å². The number of carbonyl (C=O) groups excluding carboxylic acids is 2. The number of imide groups is 1. The van der Waals surface area contributed by atoms with E-state index in [0.29, 0.717) is 11.1 Å². The van der Waals surface area contributed by atoms with E-state index in [1.807, 2.05) is 0 Å². The molecule has 2 amide bonds. The van der Waals surface area contributed by atoms with Gasteiger partial charge < -0.3 is 8.85 Å². The normalized spacial score (nSPS) is 13.4. The Hall–Kier alpha value is -1.50. The molecule has 0 aliphatic carbocycles. The minimum absolute atomic E-state index is 0.300. The lowest BCUT2D eigenvalue weighted by atomic mass is 10.1. The quantitative estimate of drug-likeness (QED) is 0.684. The number of fused-ring (bicyclic) bond motifs is 1. The zero-order valence-corrected chi connectivity index (χ0v) is 13.4. The summed E-state index contributed by atoms with van der Waals surface area (Å²) >= 11 is 0. The summed E-state index contributed by atoms with van der Waals surface area (Å²) in [6, 6.07) is 7.82. The van der Waals surface area contributed by atoms with Gasteiger partial charge in [-0.1, -0.05) is 25.5 Å². The van der Waals surface area contributed by atoms with Crippen molar-refractivity contribution in [2.45, 2.75) is 25.9 Å². The lowest BCUT2D eigenvalue weighted by Gasteiger charge is -2.21. The zero-order chi connectivity index (χ0) is 15.2. The highest BCUT2D eigenvalue weighted by atomic mass is 28.4. The molecule has 0 bridgehead atoms. The number of rotatable bonds is 4. The molecule has 1 heterocycles. The molecule has 0 fully saturated rings. The van der Waals surface area contributed by atoms with Gasteiger partial charge in [-0.05, 0) is 24.7 Å². The van der Waals surface area contributed by atoms with E-state index in [1.165, 1.54) is 0 Å². The first-order chi connectivity index (χ1) is 9.47. The average Bonchev–Trinajstić information content (AvgIpc) is 2.76. The van der Waals surface area contributed by atoms with Gasteiger partial charge >= 0.3 is 8.56 Å². The standard InChI is InChI=1S/C8H5NO2.C6H16O2Si/c10-7-5-3-1-2-4-6(5)8(11)9-7;1-5-6-9(4,7-2)8-3/h1-4H,(H,9,10,11);5-6H2,1-4H3. The summed E-state index contributed by atoms with van der Waals surface area (Å²) in [5.41, 5.74) is 0.940. The minimum atomic E-state index is -1.70. The smallest absolute Gasteiger partial charge is 0.334 e. The second kappa shape index (κ2) is 7.32. The predicted molar refractivity (Wildman–Crippen MR) is 79.0 cm³/mol. The zero-order valence-electron chi connectivity index (χ0n) is 12.4. The molecule has 6 heteroatoms. The maximum atomic E-state index is 10.9. The van der Waals surface area contributed by atoms with Gasteiger partial charge in [-0.2, -0.15) is 0 Å². The van der Waals surface area contributed by atoms with Crippen LogP contribution in [-0.4, -0.2) is 34.6 Å². The van der Waals surface area contributed by atoms with Gasteiger partial charge in [-0.15, -0.1) is 0 Å². The molecule has 0 radical (unpaired) electrons. The van der Waals surface area contributed by atoms with Crippen molar-refractivity contribution in [1.82, 2.24) is 5.32 Å². The predicted octanol–water partition coefficient (Wildman–Crippen LogP) is 2.33. The topological polar surface area (TPSA) is 64.6 Å². The van der Waals surface area contributed by atoms with Crippen molar-refractivity contribution in [3.8, 4) is 0 Å². The van der Waals surface area contributed by atoms with Gasteiger partial charge in [-0.3, -0.25) is 14.9 Å². The molecule has 1 N–H and O–H groups in total. The monoisotopic (exact) mass is 295 g/mol. The van der Waals surface area contributed by atoms with Crippen LogP contribution in [0.4, 0.5) is 0 Å². The summed E-state index contributed by atoms with van der Waals surface area (Å²) in [4.78, 5) is 21.9. The highest BCUT2D eigenvalue weighted by Gasteiger charge is 2.26. The molecule has 0 saturated carbocycles. The SMILES string of the molecule is CCC[Si](C)(OC)OC.O=C1NC(=O)c2ccccc21. The van der Waals surface area contributed by atoms with Crippen LogP contribution in [0.2, 0.25) is 12.6 Å². The maximum Gasteiger partial charge on any atom is 0.334 e. The van der Waals surface area contributed by atoms with Crippen molar-refractivity contribution in [3.05, 3.63) is 35.4 Å². The largest absolute Gasteiger partial charge is 0.398 e. The van der Waals surface area contributed by atoms with Crippen LogP contribution < -0.4 is 5.32 Å². The molecule has 5 nitrogen and oxygen atoms in total. The van der Waals surface area contributed by atoms with Crippen molar-refractivity contribution < 1.29 is 18.4 Å². The number of carbonyl (C=O) groups is 2. The molecule has 0 saturated heterocycles. The molecule has 0 spiro atoms. The summed E-state index contributed by atoms with van der Waals surface area (Å²) in [5, 5.41) is 2.20. The highest BCUT2D eigenvalue weighted by Crippen LogP contribution is 2.13. The lowest BCUT2D eigenvalue weighted by Crippen LogP contribution is -2.35. The molecular weight excluding hydrogens is 274 g/mol. The van der Waals surface area contributed by atoms with E-state index in [2.05, 4.69) is 18.8 Å². The van der Waals surface area contributed by atoms with Gasteiger partial charge in [-0.25, -0.2) is 0 Å². The molecule has 1 aliphatic rings. The third kappa shape index (κ3) is 3.99. The van der Waals surface area contributed by atoms with E-state index in [9.17, 15) is 9.59 Å². The molecule has 1 aliphatic heterocycles. The van der Waals surface area contributed by atoms with Gasteiger partial charge in [0.25, 0.3) is 11.8 Å². The molecule has 110 valence electrons. The molecular formula is C14H21NO4Si. The van der Waals surface area contributed by atoms with Crippen molar-refractivity contribution in [3.63, 3.8) is 0 Å². The minimum Gasteiger partial charge on any atom is -0.398 e. The highest BCUT2D eigenvalue weighted by molar-refractivity contribution is 6.65. The first-order valence-corrected chi connectivity index (χ1v) is 9.04. The average molecular weight is 295 g/mol. The van der Waals surface area contributed by atoms with Crippen LogP contribution in [0.1, 0.15) is 34.1 Å². The fourth-order valence-electron chi connectivity index (χ4n) is 1.86. The summed E-state index contributed by atoms with van der Waals surface area (Å²) < 4.78 is 10.5. The van der Waals surface area contributed by atoms with Crippen LogP contribution in [0, 0.1) is 0 Å². The van der Waals surface area contributed by atoms with E-state index in [-0.39, 0.29) is 11.8 Å². The van der Waals surface area contributed by atoms with E-state index in [4.69, 9.17) is 8.85 Å². The second-order valence-corrected chi connectivity index (χ2v) is 8.21. The molecule has 0 aromatic heterocycles. The molecule has 0 atom stereocenters. The van der Waals surface area contributed by atoms with Gasteiger partial charge in [0.15, 0.2) is 0 Å². The van der Waals surface area contributed by atoms with E-state index in [0.717, 1.165) is 12.5 Å². The molecule has 1 aromatic carbocycles. The number of hydrogen-bond donors (Lipinski definition) is 1. The van der Waals surface area contributed by atoms with Crippen LogP contribution >= 0.6 is 0 Å². The molecule has 0 unspecified atom stereocenters. The first kappa shape index (κ1) is 16.6. The first-order valence-electron chi connectivity index (χ1n) is 6.52. The molecule has 20 heavy (non-hydrogen) atoms. The Morgan fingerprint density at radius 2 is 1.50 bits per heavy atom. The number of nitrogens with one attached hydrogen (secondary N) is 1. The lowest BCUT2D eigenvalue weighted by molar-refractivity contribution is 0.0879. The molecule has 2 rings (SSSR count). The fraction of sp³-hybridized carbons (Fsp3) is 0.429. The number of hydrogen-bond acceptors (Lipinski definition) is 4. The van der Waals surface area contributed by atoms with Crippen LogP contribution in [0.3, 0.4) is 0 Å². The summed E-state index contributed by atoms with van der Waals surface area (Å²) in [7, 11) is 1.76. The van der Waals surface area contributed by atoms with Crippen molar-refractivity contribution in [2.75, 3.05) is 14.2 Å². The van der Waals surface area contributed by atoms with E-state index >= 15 is 0 Å². The summed E-state index contributed by atoms with van der Waals surface area (Å²) in [5.74, 6) is -0.601. The Labute approximate surface area is 120 Å². The Balaban J connectivity index is 0.000000206. The summed E-state index contributed by atoms with van der Waals surface area (Å²) in [6.07, 6.45) is 1.14. The van der Waals surface area contributed by atoms with Crippen molar-refractivity contribution in [1.29, 1.82) is 0 Å². The maximum absolute atomic E-state index is 10.9. The van der Waals surface area contributed by atoms with Gasteiger partial charge in [0.2, 0.25) is 0 Å². The van der Waals surface area contributed by atoms with Gasteiger partial charge in [0, 0.05) is 14.2 Å². The number of amides is 2. The van der Waals surface area contributed by atoms with Crippen LogP contribution in [0.25, 0.3) is 0 Å². The van der Waals surface area contributed by atoms with Gasteiger partial charge in [0.1, 0.15) is 0 Å². The number of benzene rings is 1. The van der Waals surface area contributed by atoms with Crippen molar-refractivity contribution in [2.24, 2.45) is 0 Å². The van der Waals surface area contributed by atoms with Crippen LogP contribution in [0.15, 0.2) is 24.3 Å². The van der Waals surface area contributed by atoms with Crippen LogP contribution in [0.5, 0.6) is 0 Å². The summed E-state index contributed by atoms with van der Waals surface area (Å²) in [6.45, 7) is 4.22. The van der Waals surface area contributed by atoms with E-state index < -0.39 is 8.56 Å². The Bertz CT molecular complexity index is 453. The Kier molecular flexibility index (Phi) is 6.06. The Morgan fingerprint density at radius 3 is 1.80 bits per heavy atom. The van der Waals surface area contributed by atoms with Crippen molar-refractivity contribution >= 4 is 20.4 Å².